The van der Waals surface area contributed by atoms with E-state index in [1.807, 2.05) is 6.92 Å². The van der Waals surface area contributed by atoms with E-state index in [1.165, 1.54) is 6.42 Å². The highest BCUT2D eigenvalue weighted by atomic mass is 16.5. The summed E-state index contributed by atoms with van der Waals surface area (Å²) in [6, 6.07) is 0. The molecule has 1 rings (SSSR count). The van der Waals surface area contributed by atoms with Gasteiger partial charge in [0.2, 0.25) is 5.91 Å². The Hall–Kier alpha value is -0.570. The van der Waals surface area contributed by atoms with Gasteiger partial charge in [-0.15, -0.1) is 0 Å². The average Bonchev–Trinajstić information content (AvgIpc) is 2.07. The highest BCUT2D eigenvalue weighted by Crippen LogP contribution is 1.96. The molecule has 1 heterocycles. The molecule has 0 aromatic heterocycles. The molecule has 1 amide bonds. The number of morpholine rings is 1. The first-order valence-electron chi connectivity index (χ1n) is 4.61. The van der Waals surface area contributed by atoms with Gasteiger partial charge >= 0.3 is 0 Å². The van der Waals surface area contributed by atoms with Crippen molar-refractivity contribution in [2.75, 3.05) is 26.3 Å². The summed E-state index contributed by atoms with van der Waals surface area (Å²) in [4.78, 5) is 12.6. The van der Waals surface area contributed by atoms with Gasteiger partial charge in [-0.25, -0.2) is 0 Å². The highest BCUT2D eigenvalue weighted by molar-refractivity contribution is 5.77. The molecule has 0 atom stereocenters. The predicted molar refractivity (Wildman–Crippen MR) is 49.0 cm³/mol. The Morgan fingerprint density at radius 1 is 1.42 bits per heavy atom. The third-order valence-corrected chi connectivity index (χ3v) is 1.47. The third kappa shape index (κ3) is 4.34. The predicted octanol–water partition coefficient (Wildman–Crippen LogP) is 1.28. The molecule has 0 aromatic rings. The minimum Gasteiger partial charge on any atom is -0.370 e. The van der Waals surface area contributed by atoms with Crippen molar-refractivity contribution in [2.45, 2.75) is 27.2 Å². The number of amides is 1. The summed E-state index contributed by atoms with van der Waals surface area (Å²) in [5.74, 6) is 0.115. The molecule has 1 saturated heterocycles. The van der Waals surface area contributed by atoms with Gasteiger partial charge in [-0.3, -0.25) is 4.79 Å². The Kier molecular flexibility index (Phi) is 6.76. The molecule has 0 spiro atoms. The summed E-state index contributed by atoms with van der Waals surface area (Å²) < 4.78 is 4.92. The van der Waals surface area contributed by atoms with Gasteiger partial charge in [0.15, 0.2) is 0 Å². The number of hydrogen-bond acceptors (Lipinski definition) is 2. The van der Waals surface area contributed by atoms with Crippen LogP contribution < -0.4 is 0 Å². The zero-order chi connectivity index (χ0) is 9.40. The van der Waals surface area contributed by atoms with Crippen LogP contribution in [0.5, 0.6) is 0 Å². The molecule has 0 radical (unpaired) electrons. The van der Waals surface area contributed by atoms with Crippen LogP contribution in [0, 0.1) is 0 Å². The molecule has 1 aliphatic heterocycles. The lowest BCUT2D eigenvalue weighted by Gasteiger charge is -2.24. The van der Waals surface area contributed by atoms with E-state index in [-0.39, 0.29) is 12.5 Å². The Morgan fingerprint density at radius 2 is 2.00 bits per heavy atom. The molecular weight excluding hydrogens is 154 g/mol. The Bertz CT molecular complexity index is 126. The molecule has 0 unspecified atom stereocenters. The van der Waals surface area contributed by atoms with Crippen molar-refractivity contribution in [1.82, 2.24) is 4.90 Å². The summed E-state index contributed by atoms with van der Waals surface area (Å²) in [5, 5.41) is 0. The van der Waals surface area contributed by atoms with E-state index < -0.39 is 0 Å². The average molecular weight is 173 g/mol. The van der Waals surface area contributed by atoms with Crippen LogP contribution in [0.1, 0.15) is 27.2 Å². The zero-order valence-corrected chi connectivity index (χ0v) is 8.30. The first kappa shape index (κ1) is 11.4. The number of carbonyl (C=O) groups is 1. The van der Waals surface area contributed by atoms with Crippen LogP contribution in [0.15, 0.2) is 0 Å². The van der Waals surface area contributed by atoms with E-state index in [1.54, 1.807) is 4.90 Å². The summed E-state index contributed by atoms with van der Waals surface area (Å²) >= 11 is 0. The van der Waals surface area contributed by atoms with E-state index >= 15 is 0 Å². The summed E-state index contributed by atoms with van der Waals surface area (Å²) in [7, 11) is 0. The molecule has 0 saturated carbocycles. The van der Waals surface area contributed by atoms with Gasteiger partial charge in [-0.2, -0.15) is 0 Å². The topological polar surface area (TPSA) is 29.5 Å². The normalized spacial score (nSPS) is 16.9. The Balaban J connectivity index is 0.000000354. The van der Waals surface area contributed by atoms with Gasteiger partial charge < -0.3 is 9.64 Å². The minimum atomic E-state index is 0.115. The first-order valence-corrected chi connectivity index (χ1v) is 4.61. The fourth-order valence-corrected chi connectivity index (χ4v) is 0.885. The van der Waals surface area contributed by atoms with Gasteiger partial charge in [0, 0.05) is 13.1 Å². The quantitative estimate of drug-likeness (QED) is 0.598. The first-order chi connectivity index (χ1) is 5.76. The number of carbonyl (C=O) groups excluding carboxylic acids is 1. The highest BCUT2D eigenvalue weighted by Gasteiger charge is 2.15. The lowest BCUT2D eigenvalue weighted by molar-refractivity contribution is -0.142. The second kappa shape index (κ2) is 7.10. The smallest absolute Gasteiger partial charge is 0.248 e. The van der Waals surface area contributed by atoms with E-state index in [0.717, 1.165) is 13.1 Å². The number of ether oxygens (including phenoxy) is 1. The van der Waals surface area contributed by atoms with Gasteiger partial charge in [-0.05, 0) is 6.92 Å². The number of nitrogens with zero attached hydrogens (tertiary/aromatic N) is 1. The lowest BCUT2D eigenvalue weighted by atomic mass is 10.4. The number of likely N-dealkylation sites (N-methyl/N-ethyl adjacent to an activating group) is 1. The molecule has 0 N–H and O–H groups in total. The van der Waals surface area contributed by atoms with Crippen molar-refractivity contribution in [3.8, 4) is 0 Å². The van der Waals surface area contributed by atoms with Crippen LogP contribution in [0.2, 0.25) is 0 Å². The molecule has 1 aliphatic rings. The van der Waals surface area contributed by atoms with Gasteiger partial charge in [0.05, 0.1) is 6.61 Å². The van der Waals surface area contributed by atoms with Crippen molar-refractivity contribution in [2.24, 2.45) is 0 Å². The van der Waals surface area contributed by atoms with Crippen molar-refractivity contribution in [3.63, 3.8) is 0 Å². The second-order valence-corrected chi connectivity index (χ2v) is 2.73. The zero-order valence-electron chi connectivity index (χ0n) is 8.30. The molecule has 12 heavy (non-hydrogen) atoms. The van der Waals surface area contributed by atoms with Crippen LogP contribution >= 0.6 is 0 Å². The SMILES string of the molecule is CCC.CCN1CCOCC1=O. The Morgan fingerprint density at radius 3 is 2.33 bits per heavy atom. The standard InChI is InChI=1S/C6H11NO2.C3H8/c1-2-7-3-4-9-5-6(7)8;1-3-2/h2-5H2,1H3;3H2,1-2H3. The van der Waals surface area contributed by atoms with Crippen LogP contribution in [0.4, 0.5) is 0 Å². The van der Waals surface area contributed by atoms with Gasteiger partial charge in [0.25, 0.3) is 0 Å². The van der Waals surface area contributed by atoms with Gasteiger partial charge in [0.1, 0.15) is 6.61 Å². The van der Waals surface area contributed by atoms with E-state index in [2.05, 4.69) is 13.8 Å². The third-order valence-electron chi connectivity index (χ3n) is 1.47. The fourth-order valence-electron chi connectivity index (χ4n) is 0.885. The molecule has 1 fully saturated rings. The molecule has 3 nitrogen and oxygen atoms in total. The van der Waals surface area contributed by atoms with Crippen LogP contribution in [-0.4, -0.2) is 37.1 Å². The number of hydrogen-bond donors (Lipinski definition) is 0. The summed E-state index contributed by atoms with van der Waals surface area (Å²) in [5.41, 5.74) is 0. The van der Waals surface area contributed by atoms with Crippen LogP contribution in [0.3, 0.4) is 0 Å². The summed E-state index contributed by atoms with van der Waals surface area (Å²) in [6.45, 7) is 8.76. The minimum absolute atomic E-state index is 0.115. The molecule has 0 aliphatic carbocycles. The summed E-state index contributed by atoms with van der Waals surface area (Å²) in [6.07, 6.45) is 1.25. The van der Waals surface area contributed by atoms with Crippen LogP contribution in [-0.2, 0) is 9.53 Å². The molecule has 0 bridgehead atoms. The van der Waals surface area contributed by atoms with E-state index in [9.17, 15) is 4.79 Å². The molecule has 0 aromatic carbocycles. The fraction of sp³-hybridized carbons (Fsp3) is 0.889. The lowest BCUT2D eigenvalue weighted by Crippen LogP contribution is -2.41. The molecule has 72 valence electrons. The van der Waals surface area contributed by atoms with E-state index in [0.29, 0.717) is 6.61 Å². The Labute approximate surface area is 74.7 Å². The largest absolute Gasteiger partial charge is 0.370 e. The number of rotatable bonds is 1. The van der Waals surface area contributed by atoms with Gasteiger partial charge in [-0.1, -0.05) is 20.3 Å². The molecule has 3 heteroatoms. The molecular formula is C9H19NO2. The maximum atomic E-state index is 10.8. The van der Waals surface area contributed by atoms with Crippen molar-refractivity contribution >= 4 is 5.91 Å². The van der Waals surface area contributed by atoms with Crippen LogP contribution in [0.25, 0.3) is 0 Å². The van der Waals surface area contributed by atoms with Crippen molar-refractivity contribution in [3.05, 3.63) is 0 Å². The second-order valence-electron chi connectivity index (χ2n) is 2.73. The van der Waals surface area contributed by atoms with Crippen molar-refractivity contribution < 1.29 is 9.53 Å². The van der Waals surface area contributed by atoms with E-state index in [4.69, 9.17) is 4.74 Å². The maximum absolute atomic E-state index is 10.8. The maximum Gasteiger partial charge on any atom is 0.248 e. The van der Waals surface area contributed by atoms with Crippen molar-refractivity contribution in [1.29, 1.82) is 0 Å². The monoisotopic (exact) mass is 173 g/mol.